The van der Waals surface area contributed by atoms with Gasteiger partial charge in [-0.05, 0) is 77.7 Å². The number of benzene rings is 1. The molecule has 5 heterocycles. The van der Waals surface area contributed by atoms with Gasteiger partial charge >= 0.3 is 12.1 Å². The lowest BCUT2D eigenvalue weighted by Gasteiger charge is -2.47. The molecule has 2 aromatic rings. The van der Waals surface area contributed by atoms with Gasteiger partial charge in [-0.25, -0.2) is 14.0 Å². The zero-order valence-corrected chi connectivity index (χ0v) is 34.6. The summed E-state index contributed by atoms with van der Waals surface area (Å²) in [5.74, 6) is -4.42. The molecule has 0 spiro atoms. The van der Waals surface area contributed by atoms with E-state index in [-0.39, 0.29) is 50.0 Å². The number of aromatic nitrogens is 1. The SMILES string of the molecule is CC[C@H]1OC(=O)C(F)C(=O)[C@H](C)[C@@H](O[C@@H]2O[C@H](C)C[C@H](N(C)C)[C@H]2O)[C@@](C)(OC/C=C/c2cnc3ccccc3c2)C[C@@H](C)C2=NCCN3C(=O)O[C@@]1(C)[C@H]3[C@H]2C. The van der Waals surface area contributed by atoms with E-state index in [9.17, 15) is 19.5 Å². The molecule has 1 unspecified atom stereocenters. The predicted octanol–water partition coefficient (Wildman–Crippen LogP) is 5.41. The number of ether oxygens (including phenoxy) is 5. The van der Waals surface area contributed by atoms with E-state index >= 15 is 4.39 Å². The Hall–Kier alpha value is -3.82. The number of hydrogen-bond donors (Lipinski definition) is 1. The first-order chi connectivity index (χ1) is 27.0. The van der Waals surface area contributed by atoms with Crippen molar-refractivity contribution in [1.29, 1.82) is 0 Å². The van der Waals surface area contributed by atoms with Gasteiger partial charge < -0.3 is 33.7 Å². The Labute approximate surface area is 334 Å². The predicted molar refractivity (Wildman–Crippen MR) is 212 cm³/mol. The second kappa shape index (κ2) is 17.2. The number of pyridine rings is 1. The van der Waals surface area contributed by atoms with Crippen molar-refractivity contribution in [2.75, 3.05) is 33.8 Å². The molecule has 0 saturated carbocycles. The van der Waals surface area contributed by atoms with E-state index < -0.39 is 71.8 Å². The van der Waals surface area contributed by atoms with Crippen molar-refractivity contribution in [3.8, 4) is 0 Å². The molecule has 14 heteroatoms. The van der Waals surface area contributed by atoms with Crippen LogP contribution in [0.1, 0.15) is 73.3 Å². The topological polar surface area (TPSA) is 149 Å². The molecule has 13 nitrogen and oxygen atoms in total. The normalized spacial score (nSPS) is 38.2. The first-order valence-electron chi connectivity index (χ1n) is 20.2. The number of para-hydroxylation sites is 1. The third kappa shape index (κ3) is 8.52. The number of carbonyl (C=O) groups is 3. The minimum absolute atomic E-state index is 0.0553. The quantitative estimate of drug-likeness (QED) is 0.270. The van der Waals surface area contributed by atoms with Gasteiger partial charge in [0.05, 0.1) is 42.5 Å². The van der Waals surface area contributed by atoms with E-state index in [1.165, 1.54) is 6.92 Å². The van der Waals surface area contributed by atoms with Crippen LogP contribution in [-0.4, -0.2) is 137 Å². The van der Waals surface area contributed by atoms with Crippen molar-refractivity contribution in [1.82, 2.24) is 14.8 Å². The van der Waals surface area contributed by atoms with Gasteiger partial charge in [0.25, 0.3) is 6.17 Å². The lowest BCUT2D eigenvalue weighted by molar-refractivity contribution is -0.296. The maximum Gasteiger partial charge on any atom is 0.410 e. The fourth-order valence-corrected chi connectivity index (χ4v) is 9.64. The summed E-state index contributed by atoms with van der Waals surface area (Å²) in [6, 6.07) is 8.89. The second-order valence-corrected chi connectivity index (χ2v) is 16.9. The number of ketones is 1. The van der Waals surface area contributed by atoms with Crippen molar-refractivity contribution in [2.24, 2.45) is 22.7 Å². The van der Waals surface area contributed by atoms with Gasteiger partial charge in [-0.1, -0.05) is 58.0 Å². The smallest absolute Gasteiger partial charge is 0.410 e. The number of amides is 1. The second-order valence-electron chi connectivity index (χ2n) is 16.9. The number of nitrogens with zero attached hydrogens (tertiary/aromatic N) is 4. The average molecular weight is 795 g/mol. The van der Waals surface area contributed by atoms with Crippen LogP contribution in [-0.2, 0) is 33.3 Å². The van der Waals surface area contributed by atoms with E-state index in [2.05, 4.69) is 4.98 Å². The van der Waals surface area contributed by atoms with Crippen LogP contribution >= 0.6 is 0 Å². The number of aliphatic hydroxyl groups excluding tert-OH is 1. The number of hydrogen-bond acceptors (Lipinski definition) is 12. The number of carbonyl (C=O) groups excluding carboxylic acids is 3. The molecule has 3 fully saturated rings. The number of halogens is 1. The lowest BCUT2D eigenvalue weighted by atomic mass is 9.73. The number of alkyl halides is 1. The maximum atomic E-state index is 16.4. The molecule has 4 aliphatic heterocycles. The number of fused-ring (bicyclic) bond motifs is 2. The number of cyclic esters (lactones) is 1. The van der Waals surface area contributed by atoms with E-state index in [0.29, 0.717) is 13.0 Å². The van der Waals surface area contributed by atoms with E-state index in [1.54, 1.807) is 31.9 Å². The van der Waals surface area contributed by atoms with Crippen molar-refractivity contribution in [3.63, 3.8) is 0 Å². The van der Waals surface area contributed by atoms with Crippen LogP contribution in [0.2, 0.25) is 0 Å². The summed E-state index contributed by atoms with van der Waals surface area (Å²) in [6.45, 7) is 13.3. The summed E-state index contributed by atoms with van der Waals surface area (Å²) in [4.78, 5) is 54.3. The summed E-state index contributed by atoms with van der Waals surface area (Å²) in [5, 5.41) is 12.6. The van der Waals surface area contributed by atoms with Gasteiger partial charge in [0.1, 0.15) is 12.2 Å². The highest BCUT2D eigenvalue weighted by Crippen LogP contribution is 2.44. The number of likely N-dealkylation sites (N-methyl/N-ethyl adjacent to an activating group) is 1. The van der Waals surface area contributed by atoms with Gasteiger partial charge in [0.2, 0.25) is 0 Å². The Kier molecular flexibility index (Phi) is 12.9. The summed E-state index contributed by atoms with van der Waals surface area (Å²) in [7, 11) is 3.71. The molecule has 0 radical (unpaired) electrons. The third-order valence-electron chi connectivity index (χ3n) is 12.5. The molecule has 1 aromatic heterocycles. The molecule has 6 rings (SSSR count). The van der Waals surface area contributed by atoms with Crippen molar-refractivity contribution < 1.29 is 47.6 Å². The Bertz CT molecular complexity index is 1860. The Morgan fingerprint density at radius 3 is 2.56 bits per heavy atom. The number of aliphatic hydroxyl groups is 1. The number of aliphatic imine (C=N–C) groups is 1. The summed E-state index contributed by atoms with van der Waals surface area (Å²) in [5.41, 5.74) is -0.193. The van der Waals surface area contributed by atoms with Crippen LogP contribution in [0.3, 0.4) is 0 Å². The molecule has 0 aliphatic carbocycles. The van der Waals surface area contributed by atoms with E-state index in [0.717, 1.165) is 22.2 Å². The zero-order valence-electron chi connectivity index (χ0n) is 34.6. The third-order valence-corrected chi connectivity index (χ3v) is 12.5. The van der Waals surface area contributed by atoms with Gasteiger partial charge in [-0.15, -0.1) is 0 Å². The van der Waals surface area contributed by atoms with Crippen LogP contribution in [0.15, 0.2) is 47.6 Å². The Morgan fingerprint density at radius 1 is 1.11 bits per heavy atom. The summed E-state index contributed by atoms with van der Waals surface area (Å²) >= 11 is 0. The highest BCUT2D eigenvalue weighted by atomic mass is 19.1. The van der Waals surface area contributed by atoms with Gasteiger partial charge in [-0.2, -0.15) is 0 Å². The fraction of sp³-hybridized carbons (Fsp3) is 0.651. The van der Waals surface area contributed by atoms with Crippen LogP contribution in [0, 0.1) is 17.8 Å². The number of esters is 1. The fourth-order valence-electron chi connectivity index (χ4n) is 9.64. The van der Waals surface area contributed by atoms with E-state index in [4.69, 9.17) is 28.7 Å². The van der Waals surface area contributed by atoms with Crippen LogP contribution < -0.4 is 0 Å². The molecule has 1 aromatic carbocycles. The molecule has 1 N–H and O–H groups in total. The van der Waals surface area contributed by atoms with Gasteiger partial charge in [-0.3, -0.25) is 19.7 Å². The molecule has 13 atom stereocenters. The Morgan fingerprint density at radius 2 is 1.84 bits per heavy atom. The Balaban J connectivity index is 1.42. The molecular weight excluding hydrogens is 735 g/mol. The number of Topliss-reactive ketones (excluding diaryl/α,β-unsaturated/α-hetero) is 1. The van der Waals surface area contributed by atoms with Crippen LogP contribution in [0.4, 0.5) is 9.18 Å². The molecule has 57 heavy (non-hydrogen) atoms. The summed E-state index contributed by atoms with van der Waals surface area (Å²) in [6.07, 6.45) is -1.72. The zero-order chi connectivity index (χ0) is 41.4. The highest BCUT2D eigenvalue weighted by Gasteiger charge is 2.60. The standard InChI is InChI=1S/C43H59FN4O9/c1-10-32-43(7)37-26(4)34(45-17-18-48(37)41(52)57-43)24(2)22-42(6,53-19-13-14-28-21-29-15-11-12-16-30(29)46-23-28)38(27(5)35(49)33(44)39(51)55-32)56-40-36(50)31(47(8)9)20-25(3)54-40/h11-16,21,23-27,31-33,36-38,40,50H,10,17-20,22H2,1-9H3/b14-13+/t24-,25-,26+,27+,31+,32-,33?,36-,37-,38-,40+,42+,43-/m1/s1. The van der Waals surface area contributed by atoms with Gasteiger partial charge in [0.15, 0.2) is 17.7 Å². The van der Waals surface area contributed by atoms with Crippen molar-refractivity contribution in [2.45, 2.75) is 128 Å². The monoisotopic (exact) mass is 794 g/mol. The highest BCUT2D eigenvalue weighted by molar-refractivity contribution is 6.03. The first-order valence-corrected chi connectivity index (χ1v) is 20.2. The largest absolute Gasteiger partial charge is 0.456 e. The molecule has 1 amide bonds. The molecular formula is C43H59FN4O9. The average Bonchev–Trinajstić information content (AvgIpc) is 3.30. The lowest BCUT2D eigenvalue weighted by Crippen LogP contribution is -2.60. The minimum atomic E-state index is -2.68. The maximum absolute atomic E-state index is 16.4. The number of rotatable bonds is 8. The molecule has 4 aliphatic rings. The van der Waals surface area contributed by atoms with E-state index in [1.807, 2.05) is 82.3 Å². The molecule has 2 bridgehead atoms. The summed E-state index contributed by atoms with van der Waals surface area (Å²) < 4.78 is 47.9. The van der Waals surface area contributed by atoms with Crippen molar-refractivity contribution >= 4 is 40.5 Å². The van der Waals surface area contributed by atoms with Crippen LogP contribution in [0.25, 0.3) is 17.0 Å². The van der Waals surface area contributed by atoms with Crippen LogP contribution in [0.5, 0.6) is 0 Å². The molecule has 312 valence electrons. The van der Waals surface area contributed by atoms with Crippen molar-refractivity contribution in [3.05, 3.63) is 48.2 Å². The minimum Gasteiger partial charge on any atom is -0.456 e. The molecule has 3 saturated heterocycles. The van der Waals surface area contributed by atoms with Gasteiger partial charge in [0, 0.05) is 41.7 Å². The first kappa shape index (κ1) is 42.8.